The van der Waals surface area contributed by atoms with Crippen molar-refractivity contribution in [3.63, 3.8) is 0 Å². The van der Waals surface area contributed by atoms with Crippen molar-refractivity contribution in [2.75, 3.05) is 13.2 Å². The molecule has 1 aromatic carbocycles. The minimum atomic E-state index is -0.0296. The van der Waals surface area contributed by atoms with Crippen molar-refractivity contribution < 1.29 is 9.53 Å². The predicted octanol–water partition coefficient (Wildman–Crippen LogP) is 1.97. The van der Waals surface area contributed by atoms with Crippen LogP contribution in [0.15, 0.2) is 28.7 Å². The molecule has 0 saturated carbocycles. The quantitative estimate of drug-likeness (QED) is 0.892. The summed E-state index contributed by atoms with van der Waals surface area (Å²) in [4.78, 5) is 11.7. The molecule has 0 radical (unpaired) electrons. The summed E-state index contributed by atoms with van der Waals surface area (Å²) in [6, 6.07) is 7.49. The van der Waals surface area contributed by atoms with E-state index in [0.717, 1.165) is 17.5 Å². The zero-order valence-electron chi connectivity index (χ0n) is 8.20. The van der Waals surface area contributed by atoms with Crippen molar-refractivity contribution in [1.29, 1.82) is 0 Å². The van der Waals surface area contributed by atoms with Crippen LogP contribution in [0.4, 0.5) is 0 Å². The molecule has 0 aliphatic carbocycles. The Bertz CT molecular complexity index is 344. The molecule has 1 atom stereocenters. The highest BCUT2D eigenvalue weighted by molar-refractivity contribution is 9.10. The largest absolute Gasteiger partial charge is 0.379 e. The monoisotopic (exact) mass is 269 g/mol. The highest BCUT2D eigenvalue weighted by atomic mass is 79.9. The van der Waals surface area contributed by atoms with Gasteiger partial charge in [-0.1, -0.05) is 15.9 Å². The van der Waals surface area contributed by atoms with Crippen LogP contribution in [0, 0.1) is 0 Å². The van der Waals surface area contributed by atoms with Gasteiger partial charge in [-0.2, -0.15) is 0 Å². The van der Waals surface area contributed by atoms with Crippen LogP contribution in [0.2, 0.25) is 0 Å². The van der Waals surface area contributed by atoms with Gasteiger partial charge in [0.05, 0.1) is 12.6 Å². The van der Waals surface area contributed by atoms with Gasteiger partial charge in [0.2, 0.25) is 0 Å². The van der Waals surface area contributed by atoms with E-state index in [0.29, 0.717) is 12.2 Å². The van der Waals surface area contributed by atoms with Crippen molar-refractivity contribution in [1.82, 2.24) is 5.32 Å². The molecule has 1 aromatic rings. The molecule has 0 bridgehead atoms. The van der Waals surface area contributed by atoms with Crippen LogP contribution < -0.4 is 5.32 Å². The molecule has 1 unspecified atom stereocenters. The first-order valence-electron chi connectivity index (χ1n) is 4.90. The Balaban J connectivity index is 1.98. The number of ether oxygens (including phenoxy) is 1. The van der Waals surface area contributed by atoms with Crippen LogP contribution in [-0.2, 0) is 4.74 Å². The molecule has 1 saturated heterocycles. The van der Waals surface area contributed by atoms with Crippen LogP contribution in [0.25, 0.3) is 0 Å². The fourth-order valence-corrected chi connectivity index (χ4v) is 1.78. The number of rotatable bonds is 2. The minimum Gasteiger partial charge on any atom is -0.379 e. The molecule has 1 amide bonds. The van der Waals surface area contributed by atoms with E-state index in [1.165, 1.54) is 0 Å². The van der Waals surface area contributed by atoms with Gasteiger partial charge in [-0.25, -0.2) is 0 Å². The maximum atomic E-state index is 11.7. The van der Waals surface area contributed by atoms with E-state index in [1.54, 1.807) is 12.1 Å². The molecule has 1 fully saturated rings. The normalized spacial score (nSPS) is 20.2. The smallest absolute Gasteiger partial charge is 0.251 e. The maximum absolute atomic E-state index is 11.7. The third-order valence-electron chi connectivity index (χ3n) is 2.37. The number of carbonyl (C=O) groups is 1. The van der Waals surface area contributed by atoms with Gasteiger partial charge in [0.15, 0.2) is 0 Å². The second kappa shape index (κ2) is 4.77. The second-order valence-electron chi connectivity index (χ2n) is 3.54. The summed E-state index contributed by atoms with van der Waals surface area (Å²) in [5, 5.41) is 2.94. The number of carbonyl (C=O) groups excluding carboxylic acids is 1. The first kappa shape index (κ1) is 10.6. The summed E-state index contributed by atoms with van der Waals surface area (Å²) in [5.74, 6) is -0.0296. The van der Waals surface area contributed by atoms with Crippen molar-refractivity contribution in [2.45, 2.75) is 12.5 Å². The summed E-state index contributed by atoms with van der Waals surface area (Å²) in [5.41, 5.74) is 0.685. The number of benzene rings is 1. The van der Waals surface area contributed by atoms with E-state index in [9.17, 15) is 4.79 Å². The molecule has 80 valence electrons. The van der Waals surface area contributed by atoms with Gasteiger partial charge >= 0.3 is 0 Å². The summed E-state index contributed by atoms with van der Waals surface area (Å²) in [6.45, 7) is 1.37. The van der Waals surface area contributed by atoms with E-state index >= 15 is 0 Å². The lowest BCUT2D eigenvalue weighted by Crippen LogP contribution is -2.34. The Morgan fingerprint density at radius 1 is 1.40 bits per heavy atom. The van der Waals surface area contributed by atoms with Crippen molar-refractivity contribution in [2.24, 2.45) is 0 Å². The fourth-order valence-electron chi connectivity index (χ4n) is 1.52. The SMILES string of the molecule is O=C(NC1CCOC1)c1ccc(Br)cc1. The van der Waals surface area contributed by atoms with Crippen LogP contribution in [0.5, 0.6) is 0 Å². The molecule has 2 rings (SSSR count). The van der Waals surface area contributed by atoms with E-state index in [1.807, 2.05) is 12.1 Å². The standard InChI is InChI=1S/C11H12BrNO2/c12-9-3-1-8(2-4-9)11(14)13-10-5-6-15-7-10/h1-4,10H,5-7H2,(H,13,14). The van der Waals surface area contributed by atoms with Crippen LogP contribution in [0.3, 0.4) is 0 Å². The Hall–Kier alpha value is -0.870. The van der Waals surface area contributed by atoms with Crippen molar-refractivity contribution in [3.05, 3.63) is 34.3 Å². The van der Waals surface area contributed by atoms with Gasteiger partial charge in [0.25, 0.3) is 5.91 Å². The van der Waals surface area contributed by atoms with Crippen LogP contribution in [-0.4, -0.2) is 25.2 Å². The Morgan fingerprint density at radius 2 is 2.13 bits per heavy atom. The van der Waals surface area contributed by atoms with Gasteiger partial charge < -0.3 is 10.1 Å². The third kappa shape index (κ3) is 2.79. The third-order valence-corrected chi connectivity index (χ3v) is 2.90. The maximum Gasteiger partial charge on any atom is 0.251 e. The highest BCUT2D eigenvalue weighted by Crippen LogP contribution is 2.11. The van der Waals surface area contributed by atoms with Crippen molar-refractivity contribution >= 4 is 21.8 Å². The molecule has 0 spiro atoms. The molecular weight excluding hydrogens is 258 g/mol. The topological polar surface area (TPSA) is 38.3 Å². The number of halogens is 1. The lowest BCUT2D eigenvalue weighted by Gasteiger charge is -2.10. The number of hydrogen-bond donors (Lipinski definition) is 1. The molecule has 1 aliphatic heterocycles. The Kier molecular flexibility index (Phi) is 3.38. The lowest BCUT2D eigenvalue weighted by atomic mass is 10.2. The fraction of sp³-hybridized carbons (Fsp3) is 0.364. The molecule has 4 heteroatoms. The minimum absolute atomic E-state index is 0.0296. The number of hydrogen-bond acceptors (Lipinski definition) is 2. The highest BCUT2D eigenvalue weighted by Gasteiger charge is 2.18. The molecule has 1 heterocycles. The van der Waals surface area contributed by atoms with E-state index in [4.69, 9.17) is 4.74 Å². The van der Waals surface area contributed by atoms with E-state index in [2.05, 4.69) is 21.2 Å². The average Bonchev–Trinajstić information content (AvgIpc) is 2.71. The lowest BCUT2D eigenvalue weighted by molar-refractivity contribution is 0.0930. The summed E-state index contributed by atoms with van der Waals surface area (Å²) in [6.07, 6.45) is 0.905. The zero-order chi connectivity index (χ0) is 10.7. The summed E-state index contributed by atoms with van der Waals surface area (Å²) < 4.78 is 6.17. The molecule has 1 N–H and O–H groups in total. The van der Waals surface area contributed by atoms with Gasteiger partial charge in [0.1, 0.15) is 0 Å². The first-order chi connectivity index (χ1) is 7.25. The van der Waals surface area contributed by atoms with E-state index in [-0.39, 0.29) is 11.9 Å². The predicted molar refractivity (Wildman–Crippen MR) is 60.8 cm³/mol. The van der Waals surface area contributed by atoms with Crippen LogP contribution >= 0.6 is 15.9 Å². The first-order valence-corrected chi connectivity index (χ1v) is 5.69. The van der Waals surface area contributed by atoms with Crippen LogP contribution in [0.1, 0.15) is 16.8 Å². The number of nitrogens with one attached hydrogen (secondary N) is 1. The number of amides is 1. The average molecular weight is 270 g/mol. The Morgan fingerprint density at radius 3 is 2.73 bits per heavy atom. The van der Waals surface area contributed by atoms with Gasteiger partial charge in [0, 0.05) is 16.6 Å². The zero-order valence-corrected chi connectivity index (χ0v) is 9.79. The summed E-state index contributed by atoms with van der Waals surface area (Å²) >= 11 is 3.33. The molecule has 1 aliphatic rings. The second-order valence-corrected chi connectivity index (χ2v) is 4.46. The molecule has 3 nitrogen and oxygen atoms in total. The van der Waals surface area contributed by atoms with Gasteiger partial charge in [-0.05, 0) is 30.7 Å². The van der Waals surface area contributed by atoms with Gasteiger partial charge in [-0.15, -0.1) is 0 Å². The Labute approximate surface area is 96.9 Å². The van der Waals surface area contributed by atoms with Gasteiger partial charge in [-0.3, -0.25) is 4.79 Å². The molecule has 0 aromatic heterocycles. The molecular formula is C11H12BrNO2. The van der Waals surface area contributed by atoms with E-state index < -0.39 is 0 Å². The molecule has 15 heavy (non-hydrogen) atoms. The summed E-state index contributed by atoms with van der Waals surface area (Å²) in [7, 11) is 0. The van der Waals surface area contributed by atoms with Crippen molar-refractivity contribution in [3.8, 4) is 0 Å².